The molecular formula is C121H199Cl10NSi2Zr5. The van der Waals surface area contributed by atoms with Crippen LogP contribution in [-0.2, 0) is 104 Å². The summed E-state index contributed by atoms with van der Waals surface area (Å²) in [6, 6.07) is 0. The summed E-state index contributed by atoms with van der Waals surface area (Å²) in [5.74, 6) is 31.8. The summed E-state index contributed by atoms with van der Waals surface area (Å²) in [5.41, 5.74) is 2.63. The number of halogens is 10. The maximum atomic E-state index is 5.23. The molecule has 139 heavy (non-hydrogen) atoms. The van der Waals surface area contributed by atoms with Gasteiger partial charge in [-0.15, -0.1) is 5.54 Å². The van der Waals surface area contributed by atoms with Crippen molar-refractivity contribution in [1.82, 2.24) is 0 Å². The Morgan fingerprint density at radius 3 is 0.655 bits per heavy atom. The van der Waals surface area contributed by atoms with Crippen LogP contribution < -0.4 is 0 Å². The monoisotopic (exact) mass is 2520 g/mol. The van der Waals surface area contributed by atoms with Crippen LogP contribution in [-0.4, -0.2) is 21.8 Å². The molecule has 0 aliphatic heterocycles. The third-order valence-electron chi connectivity index (χ3n) is 38.2. The summed E-state index contributed by atoms with van der Waals surface area (Å²) in [4.78, 5) is 5.23. The zero-order chi connectivity index (χ0) is 95.5. The molecule has 11 saturated carbocycles. The van der Waals surface area contributed by atoms with E-state index in [0.29, 0.717) is 71.0 Å². The van der Waals surface area contributed by atoms with E-state index in [2.05, 4.69) is 331 Å². The van der Waals surface area contributed by atoms with Gasteiger partial charge in [-0.1, -0.05) is 398 Å². The van der Waals surface area contributed by atoms with Crippen LogP contribution in [0.3, 0.4) is 0 Å². The van der Waals surface area contributed by atoms with Crippen LogP contribution in [0.1, 0.15) is 234 Å². The van der Waals surface area contributed by atoms with Crippen molar-refractivity contribution < 1.29 is 104 Å². The number of hydrogen-bond acceptors (Lipinski definition) is 0. The van der Waals surface area contributed by atoms with Gasteiger partial charge in [0.1, 0.15) is 0 Å². The SMILES string of the molecule is C1=CC2C3C=CC=CC3C(CCC3C4C=CC=CC4C4C=CC=CC43)C2C=C1.C1CCC2C(C1)CCC2CCC1CCC2CCCCC21.CC.CC1C(C)C(C)C(C)C1C.CC1C(C)C(C)C([Si](C)(C)[N-]C(C)(C)C)C1C.CC1CC(C)C(C)C1C.C[Si](C)(C1C2C=CC=CC2C2C=CC=CC21)C1C2C=CC=CC2C2C=CC=CC21.[CH3-].[CH3-].[CH3-].[CH3-].[CH3-].[CH3-].[CH3-].[CH3-].[CH3-].[Cl][Zr+2][Cl].[Cl][Zr+2][Cl].[Cl][Zr+2][Cl].[Cl][Zr+2][Cl].[Cl][Zr+2][Cl]. The zero-order valence-corrected chi connectivity index (χ0v) is 115. The Kier molecular flexibility index (Phi) is 75.3. The van der Waals surface area contributed by atoms with Gasteiger partial charge in [-0.3, -0.25) is 0 Å². The van der Waals surface area contributed by atoms with Crippen molar-refractivity contribution in [2.45, 2.75) is 282 Å². The van der Waals surface area contributed by atoms with Gasteiger partial charge >= 0.3 is 189 Å². The molecule has 30 atom stereocenters. The first-order valence-corrected chi connectivity index (χ1v) is 89.4. The van der Waals surface area contributed by atoms with Gasteiger partial charge < -0.3 is 71.8 Å². The first kappa shape index (κ1) is 145. The molecule has 0 amide bonds. The van der Waals surface area contributed by atoms with Gasteiger partial charge in [0.2, 0.25) is 0 Å². The first-order valence-electron chi connectivity index (χ1n) is 51.6. The van der Waals surface area contributed by atoms with E-state index in [1.54, 1.807) is 89.9 Å². The molecule has 30 unspecified atom stereocenters. The third kappa shape index (κ3) is 37.9. The second-order valence-corrected chi connectivity index (χ2v) is 73.1. The Hall–Kier alpha value is 3.55. The van der Waals surface area contributed by atoms with Crippen LogP contribution in [0, 0.1) is 286 Å². The Balaban J connectivity index is 0. The fourth-order valence-corrected chi connectivity index (χ4v) is 42.2. The topological polar surface area (TPSA) is 14.1 Å². The van der Waals surface area contributed by atoms with Gasteiger partial charge in [0.15, 0.2) is 0 Å². The van der Waals surface area contributed by atoms with Crippen molar-refractivity contribution in [3.63, 3.8) is 0 Å². The normalized spacial score (nSPS) is 39.3. The van der Waals surface area contributed by atoms with E-state index in [1.165, 1.54) is 19.3 Å². The molecule has 18 heteroatoms. The first-order chi connectivity index (χ1) is 62.2. The molecule has 0 aromatic carbocycles. The third-order valence-corrected chi connectivity index (χ3v) is 47.1. The van der Waals surface area contributed by atoms with E-state index in [1.807, 2.05) is 13.8 Å². The van der Waals surface area contributed by atoms with Crippen LogP contribution in [0.5, 0.6) is 0 Å². The predicted molar refractivity (Wildman–Crippen MR) is 625 cm³/mol. The summed E-state index contributed by atoms with van der Waals surface area (Å²) in [5, 5.41) is 0. The van der Waals surface area contributed by atoms with Crippen molar-refractivity contribution in [3.05, 3.63) is 266 Å². The average Bonchev–Trinajstić information content (AvgIpc) is 1.09. The van der Waals surface area contributed by atoms with Crippen molar-refractivity contribution >= 4 is 101 Å². The number of nitrogens with zero attached hydrogens (tertiary/aromatic N) is 1. The Bertz CT molecular complexity index is 3440. The number of hydrogen-bond donors (Lipinski definition) is 0. The molecular weight excluding hydrogens is 2330 g/mol. The summed E-state index contributed by atoms with van der Waals surface area (Å²) < 4.78 is 0. The summed E-state index contributed by atoms with van der Waals surface area (Å²) in [7, 11) is 46.2. The van der Waals surface area contributed by atoms with Gasteiger partial charge in [-0.05, 0) is 301 Å². The summed E-state index contributed by atoms with van der Waals surface area (Å²) in [6.45, 7) is 52.5. The molecule has 0 bridgehead atoms. The van der Waals surface area contributed by atoms with Crippen LogP contribution in [0.2, 0.25) is 42.8 Å². The van der Waals surface area contributed by atoms with Crippen LogP contribution in [0.15, 0.2) is 194 Å². The molecule has 0 aromatic heterocycles. The van der Waals surface area contributed by atoms with E-state index in [4.69, 9.17) is 90.1 Å². The second kappa shape index (κ2) is 72.4. The summed E-state index contributed by atoms with van der Waals surface area (Å²) >= 11 is -4.13. The standard InChI is InChI=1S/C28H32Si.C28H30.C20H34.C15H32NSi.C10H20.C9H18.C2H6.9CH3.10ClH.5Zr/c1-29(2,27-23-15-7-3-11-19(23)20-12-4-8-16-24(20)27)28-25-17-9-5-13-21(25)22-14-6-10-18-26(22)28;1-5-13-23-19(9-1)20-10-2-6-14-24(20)27(23)17-18-28-25-15-7-3-11-21(25)22-12-4-8-16-26(22)28;1-3-7-19-15(5-1)9-11-17(19)13-14-18-12-10-16-6-2-4-8-20(16)18;1-10-11(2)13(4)14(12(10)3)17(8,9)16-15(5,6)7;1-6-7(2)9(4)10(5)8(6)3;1-6-5-7(2)9(4)8(6)3;1-2;;;;;;;;;;;;;;;;;;;;;;;;/h3-28H,1-2H3;1-16,19-28H,17-18H2;15-20H,1-14H2;10-14H,1-9H3;6-10H,1-5H3;6-9H,5H2,1-4H3;1-2H3;9*1H3;10*1H;;;;;/q;;;-1;;;;9*-1;;;;;;;;;;;5*+4/p-10. The van der Waals surface area contributed by atoms with E-state index in [0.717, 1.165) is 165 Å². The van der Waals surface area contributed by atoms with E-state index in [9.17, 15) is 0 Å². The van der Waals surface area contributed by atoms with Gasteiger partial charge in [-0.2, -0.15) is 0 Å². The molecule has 0 saturated heterocycles. The van der Waals surface area contributed by atoms with Crippen LogP contribution in [0.25, 0.3) is 4.98 Å². The number of fused-ring (bicyclic) bond motifs is 14. The second-order valence-electron chi connectivity index (χ2n) is 45.3. The zero-order valence-electron chi connectivity index (χ0n) is 92.8. The Morgan fingerprint density at radius 1 is 0.252 bits per heavy atom. The molecule has 19 rings (SSSR count). The summed E-state index contributed by atoms with van der Waals surface area (Å²) in [6.07, 6.45) is 103. The molecule has 19 aliphatic rings. The fraction of sp³-hybridized carbons (Fsp3) is 0.661. The molecule has 786 valence electrons. The van der Waals surface area contributed by atoms with Crippen molar-refractivity contribution in [3.8, 4) is 0 Å². The fourth-order valence-electron chi connectivity index (χ4n) is 31.4. The van der Waals surface area contributed by atoms with Gasteiger partial charge in [0.05, 0.1) is 8.07 Å². The molecule has 19 aliphatic carbocycles. The molecule has 0 N–H and O–H groups in total. The van der Waals surface area contributed by atoms with Crippen LogP contribution >= 0.6 is 85.1 Å². The Labute approximate surface area is 960 Å². The quantitative estimate of drug-likeness (QED) is 0.153. The molecule has 0 heterocycles. The molecule has 11 fully saturated rings. The molecule has 0 spiro atoms. The maximum absolute atomic E-state index is 5.23. The van der Waals surface area contributed by atoms with E-state index >= 15 is 0 Å². The number of rotatable bonds is 10. The van der Waals surface area contributed by atoms with E-state index < -0.39 is 121 Å². The van der Waals surface area contributed by atoms with Crippen LogP contribution in [0.4, 0.5) is 0 Å². The molecule has 0 aromatic rings. The Morgan fingerprint density at radius 2 is 0.446 bits per heavy atom. The average molecular weight is 2530 g/mol. The van der Waals surface area contributed by atoms with Crippen molar-refractivity contribution in [2.24, 2.45) is 219 Å². The number of allylic oxidation sites excluding steroid dienone is 32. The van der Waals surface area contributed by atoms with Crippen molar-refractivity contribution in [1.29, 1.82) is 0 Å². The molecule has 1 nitrogen and oxygen atoms in total. The van der Waals surface area contributed by atoms with E-state index in [-0.39, 0.29) is 72.4 Å². The van der Waals surface area contributed by atoms with Gasteiger partial charge in [0, 0.05) is 0 Å². The molecule has 0 radical (unpaired) electrons. The van der Waals surface area contributed by atoms with Gasteiger partial charge in [-0.25, -0.2) is 0 Å². The van der Waals surface area contributed by atoms with Gasteiger partial charge in [0.25, 0.3) is 0 Å². The minimum atomic E-state index is -1.61. The van der Waals surface area contributed by atoms with Crippen molar-refractivity contribution in [2.75, 3.05) is 0 Å². The minimum absolute atomic E-state index is 0. The predicted octanol–water partition coefficient (Wildman–Crippen LogP) is 42.9.